The molecule has 3 amide bonds. The summed E-state index contributed by atoms with van der Waals surface area (Å²) in [4.78, 5) is 44.1. The Balaban J connectivity index is 1.34. The maximum Gasteiger partial charge on any atom is 0.411 e. The maximum atomic E-state index is 13.4. The van der Waals surface area contributed by atoms with Gasteiger partial charge in [0.1, 0.15) is 18.8 Å². The van der Waals surface area contributed by atoms with Crippen LogP contribution >= 0.6 is 0 Å². The summed E-state index contributed by atoms with van der Waals surface area (Å²) in [5.74, 6) is 0.188. The summed E-state index contributed by atoms with van der Waals surface area (Å²) in [6, 6.07) is 15.9. The molecule has 2 saturated heterocycles. The van der Waals surface area contributed by atoms with Crippen LogP contribution < -0.4 is 0 Å². The van der Waals surface area contributed by atoms with Gasteiger partial charge >= 0.3 is 6.09 Å². The SMILES string of the molecule is CCC(C)CN1CC2N(C(=O)OCC3c4ccccc4-c4ccccc43)CCC(=O)N2C(C)C1=O. The average molecular weight is 476 g/mol. The van der Waals surface area contributed by atoms with E-state index >= 15 is 0 Å². The van der Waals surface area contributed by atoms with E-state index in [1.165, 1.54) is 11.1 Å². The van der Waals surface area contributed by atoms with Gasteiger partial charge in [-0.05, 0) is 35.1 Å². The highest BCUT2D eigenvalue weighted by Gasteiger charge is 2.47. The van der Waals surface area contributed by atoms with Crippen molar-refractivity contribution >= 4 is 17.9 Å². The van der Waals surface area contributed by atoms with Gasteiger partial charge in [-0.3, -0.25) is 14.5 Å². The van der Waals surface area contributed by atoms with Crippen molar-refractivity contribution in [1.29, 1.82) is 0 Å². The molecule has 0 spiro atoms. The van der Waals surface area contributed by atoms with Crippen molar-refractivity contribution in [3.63, 3.8) is 0 Å². The maximum absolute atomic E-state index is 13.4. The first-order valence-corrected chi connectivity index (χ1v) is 12.6. The summed E-state index contributed by atoms with van der Waals surface area (Å²) in [6.07, 6.45) is 0.230. The van der Waals surface area contributed by atoms with E-state index in [4.69, 9.17) is 4.74 Å². The summed E-state index contributed by atoms with van der Waals surface area (Å²) in [7, 11) is 0. The Labute approximate surface area is 206 Å². The van der Waals surface area contributed by atoms with Crippen molar-refractivity contribution in [2.75, 3.05) is 26.2 Å². The Morgan fingerprint density at radius 3 is 2.31 bits per heavy atom. The number of hydrogen-bond acceptors (Lipinski definition) is 4. The molecule has 3 unspecified atom stereocenters. The quantitative estimate of drug-likeness (QED) is 0.654. The van der Waals surface area contributed by atoms with Crippen LogP contribution in [0.3, 0.4) is 0 Å². The summed E-state index contributed by atoms with van der Waals surface area (Å²) in [5, 5.41) is 0. The Hall–Kier alpha value is -3.35. The fraction of sp³-hybridized carbons (Fsp3) is 0.464. The normalized spacial score (nSPS) is 22.5. The Morgan fingerprint density at radius 2 is 1.69 bits per heavy atom. The molecule has 1 aliphatic carbocycles. The molecule has 2 fully saturated rings. The smallest absolute Gasteiger partial charge is 0.411 e. The zero-order valence-corrected chi connectivity index (χ0v) is 20.6. The molecule has 184 valence electrons. The fourth-order valence-electron chi connectivity index (χ4n) is 5.70. The topological polar surface area (TPSA) is 70.2 Å². The lowest BCUT2D eigenvalue weighted by atomic mass is 9.98. The number of carbonyl (C=O) groups is 3. The van der Waals surface area contributed by atoms with Gasteiger partial charge in [0.2, 0.25) is 11.8 Å². The van der Waals surface area contributed by atoms with Crippen molar-refractivity contribution in [2.24, 2.45) is 5.92 Å². The lowest BCUT2D eigenvalue weighted by Crippen LogP contribution is -2.70. The molecule has 3 aliphatic rings. The van der Waals surface area contributed by atoms with Crippen LogP contribution in [0, 0.1) is 5.92 Å². The lowest BCUT2D eigenvalue weighted by Gasteiger charge is -2.51. The van der Waals surface area contributed by atoms with Crippen LogP contribution in [0.5, 0.6) is 0 Å². The Morgan fingerprint density at radius 1 is 1.06 bits per heavy atom. The van der Waals surface area contributed by atoms with Crippen LogP contribution in [0.15, 0.2) is 48.5 Å². The average Bonchev–Trinajstić information content (AvgIpc) is 3.19. The molecule has 0 saturated carbocycles. The van der Waals surface area contributed by atoms with Crippen molar-refractivity contribution in [1.82, 2.24) is 14.7 Å². The molecule has 7 heteroatoms. The van der Waals surface area contributed by atoms with Gasteiger partial charge in [-0.15, -0.1) is 0 Å². The van der Waals surface area contributed by atoms with Gasteiger partial charge in [0.25, 0.3) is 0 Å². The van der Waals surface area contributed by atoms with E-state index in [-0.39, 0.29) is 30.8 Å². The van der Waals surface area contributed by atoms with Crippen molar-refractivity contribution in [3.8, 4) is 11.1 Å². The first kappa shape index (κ1) is 23.4. The number of nitrogens with zero attached hydrogens (tertiary/aromatic N) is 3. The van der Waals surface area contributed by atoms with Gasteiger partial charge in [0.15, 0.2) is 0 Å². The number of piperazine rings is 1. The molecule has 5 rings (SSSR count). The minimum Gasteiger partial charge on any atom is -0.448 e. The molecule has 0 aromatic heterocycles. The van der Waals surface area contributed by atoms with E-state index in [1.54, 1.807) is 16.7 Å². The zero-order valence-electron chi connectivity index (χ0n) is 20.6. The zero-order chi connectivity index (χ0) is 24.7. The number of benzene rings is 2. The Kier molecular flexibility index (Phi) is 6.26. The molecule has 0 bridgehead atoms. The second-order valence-electron chi connectivity index (χ2n) is 9.96. The third kappa shape index (κ3) is 4.07. The van der Waals surface area contributed by atoms with Gasteiger partial charge < -0.3 is 14.5 Å². The molecule has 0 radical (unpaired) electrons. The van der Waals surface area contributed by atoms with E-state index in [1.807, 2.05) is 29.2 Å². The third-order valence-corrected chi connectivity index (χ3v) is 7.80. The molecule has 2 aromatic rings. The molecule has 2 aromatic carbocycles. The lowest BCUT2D eigenvalue weighted by molar-refractivity contribution is -0.167. The van der Waals surface area contributed by atoms with Gasteiger partial charge in [0.05, 0.1) is 6.54 Å². The highest BCUT2D eigenvalue weighted by atomic mass is 16.6. The largest absolute Gasteiger partial charge is 0.448 e. The van der Waals surface area contributed by atoms with Gasteiger partial charge in [-0.1, -0.05) is 68.8 Å². The van der Waals surface area contributed by atoms with Crippen LogP contribution in [-0.2, 0) is 14.3 Å². The van der Waals surface area contributed by atoms with E-state index in [0.29, 0.717) is 25.6 Å². The van der Waals surface area contributed by atoms with Crippen molar-refractivity contribution in [2.45, 2.75) is 51.7 Å². The molecule has 2 aliphatic heterocycles. The Bertz CT molecular complexity index is 1100. The van der Waals surface area contributed by atoms with Gasteiger partial charge in [-0.25, -0.2) is 4.79 Å². The highest BCUT2D eigenvalue weighted by Crippen LogP contribution is 2.44. The number of fused-ring (bicyclic) bond motifs is 4. The van der Waals surface area contributed by atoms with Crippen molar-refractivity contribution < 1.29 is 19.1 Å². The molecule has 35 heavy (non-hydrogen) atoms. The number of rotatable bonds is 5. The first-order valence-electron chi connectivity index (χ1n) is 12.6. The second-order valence-corrected chi connectivity index (χ2v) is 9.96. The van der Waals surface area contributed by atoms with E-state index in [0.717, 1.165) is 17.5 Å². The van der Waals surface area contributed by atoms with Gasteiger partial charge in [-0.2, -0.15) is 0 Å². The van der Waals surface area contributed by atoms with Crippen LogP contribution in [0.2, 0.25) is 0 Å². The number of amides is 3. The first-order chi connectivity index (χ1) is 16.9. The van der Waals surface area contributed by atoms with E-state index < -0.39 is 18.3 Å². The summed E-state index contributed by atoms with van der Waals surface area (Å²) < 4.78 is 5.91. The molecular weight excluding hydrogens is 442 g/mol. The van der Waals surface area contributed by atoms with Crippen LogP contribution in [-0.4, -0.2) is 71.1 Å². The van der Waals surface area contributed by atoms with E-state index in [9.17, 15) is 14.4 Å². The molecular formula is C28H33N3O4. The van der Waals surface area contributed by atoms with Crippen LogP contribution in [0.1, 0.15) is 50.7 Å². The molecule has 0 N–H and O–H groups in total. The minimum absolute atomic E-state index is 0.0253. The molecule has 2 heterocycles. The summed E-state index contributed by atoms with van der Waals surface area (Å²) in [5.41, 5.74) is 4.68. The summed E-state index contributed by atoms with van der Waals surface area (Å²) >= 11 is 0. The number of ether oxygens (including phenoxy) is 1. The van der Waals surface area contributed by atoms with Gasteiger partial charge in [0, 0.05) is 25.4 Å². The van der Waals surface area contributed by atoms with Crippen LogP contribution in [0.4, 0.5) is 4.79 Å². The van der Waals surface area contributed by atoms with Crippen molar-refractivity contribution in [3.05, 3.63) is 59.7 Å². The second kappa shape index (κ2) is 9.36. The standard InChI is InChI=1S/C28H33N3O4/c1-4-18(2)15-29-16-25-30(14-13-26(32)31(25)19(3)27(29)33)28(34)35-17-24-22-11-7-5-9-20(22)21-10-6-8-12-23(21)24/h5-12,18-19,24-25H,4,13-17H2,1-3H3. The fourth-order valence-corrected chi connectivity index (χ4v) is 5.70. The molecule has 3 atom stereocenters. The predicted octanol–water partition coefficient (Wildman–Crippen LogP) is 4.07. The van der Waals surface area contributed by atoms with E-state index in [2.05, 4.69) is 38.1 Å². The predicted molar refractivity (Wildman–Crippen MR) is 133 cm³/mol. The molecule has 7 nitrogen and oxygen atoms in total. The highest BCUT2D eigenvalue weighted by molar-refractivity contribution is 5.90. The van der Waals surface area contributed by atoms with Crippen LogP contribution in [0.25, 0.3) is 11.1 Å². The minimum atomic E-state index is -0.588. The summed E-state index contributed by atoms with van der Waals surface area (Å²) in [6.45, 7) is 7.45. The number of carbonyl (C=O) groups excluding carboxylic acids is 3. The third-order valence-electron chi connectivity index (χ3n) is 7.80. The number of hydrogen-bond donors (Lipinski definition) is 0. The monoisotopic (exact) mass is 475 g/mol.